The number of hydrogen-bond donors (Lipinski definition) is 2. The first-order chi connectivity index (χ1) is 17.8. The molecule has 1 aromatic carbocycles. The van der Waals surface area contributed by atoms with Crippen molar-refractivity contribution in [3.63, 3.8) is 0 Å². The molecule has 188 valence electrons. The molecule has 0 unspecified atom stereocenters. The van der Waals surface area contributed by atoms with Crippen LogP contribution < -0.4 is 10.6 Å². The molecule has 5 aromatic rings. The van der Waals surface area contributed by atoms with Crippen LogP contribution >= 0.6 is 34.8 Å². The van der Waals surface area contributed by atoms with Gasteiger partial charge in [-0.2, -0.15) is 10.2 Å². The fourth-order valence-electron chi connectivity index (χ4n) is 3.77. The predicted octanol–water partition coefficient (Wildman–Crippen LogP) is 6.29. The van der Waals surface area contributed by atoms with Gasteiger partial charge in [0.1, 0.15) is 5.69 Å². The molecule has 2 N–H and O–H groups in total. The van der Waals surface area contributed by atoms with E-state index >= 15 is 0 Å². The molecule has 4 aromatic heterocycles. The third kappa shape index (κ3) is 5.09. The molecule has 13 heteroatoms. The lowest BCUT2D eigenvalue weighted by molar-refractivity contribution is 0.114. The van der Waals surface area contributed by atoms with E-state index < -0.39 is 12.1 Å². The second-order valence-corrected chi connectivity index (χ2v) is 9.13. The molecule has 4 heterocycles. The molecule has 0 radical (unpaired) electrons. The van der Waals surface area contributed by atoms with Crippen LogP contribution in [0.1, 0.15) is 18.7 Å². The number of ether oxygens (including phenoxy) is 1. The SMILES string of the molecule is CO[C@@H](C)c1c(NC(=O)Nc2cc(Cl)c(-n3cc(-c4ccccn4)cn3)c(Cl)c2)cnc2cc(Cl)nn12. The fourth-order valence-corrected chi connectivity index (χ4v) is 4.61. The summed E-state index contributed by atoms with van der Waals surface area (Å²) in [5.74, 6) is 0. The summed E-state index contributed by atoms with van der Waals surface area (Å²) in [4.78, 5) is 21.5. The van der Waals surface area contributed by atoms with Gasteiger partial charge in [0.05, 0.1) is 45.6 Å². The first-order valence-corrected chi connectivity index (χ1v) is 12.1. The highest BCUT2D eigenvalue weighted by atomic mass is 35.5. The van der Waals surface area contributed by atoms with Crippen molar-refractivity contribution in [3.05, 3.63) is 82.1 Å². The summed E-state index contributed by atoms with van der Waals surface area (Å²) < 4.78 is 8.55. The van der Waals surface area contributed by atoms with E-state index in [1.54, 1.807) is 48.6 Å². The smallest absolute Gasteiger partial charge is 0.323 e. The minimum atomic E-state index is -0.541. The van der Waals surface area contributed by atoms with Gasteiger partial charge in [0.25, 0.3) is 0 Å². The molecule has 2 amide bonds. The minimum Gasteiger partial charge on any atom is -0.375 e. The van der Waals surface area contributed by atoms with E-state index in [2.05, 4.69) is 30.8 Å². The molecule has 0 bridgehead atoms. The van der Waals surface area contributed by atoms with Crippen molar-refractivity contribution in [2.75, 3.05) is 17.7 Å². The van der Waals surface area contributed by atoms with Crippen molar-refractivity contribution in [2.45, 2.75) is 13.0 Å². The van der Waals surface area contributed by atoms with Crippen LogP contribution in [0.2, 0.25) is 15.2 Å². The molecule has 1 atom stereocenters. The Morgan fingerprint density at radius 2 is 1.84 bits per heavy atom. The maximum atomic E-state index is 12.9. The number of nitrogens with one attached hydrogen (secondary N) is 2. The number of carbonyl (C=O) groups excluding carboxylic acids is 1. The zero-order valence-corrected chi connectivity index (χ0v) is 21.8. The van der Waals surface area contributed by atoms with Gasteiger partial charge in [-0.25, -0.2) is 19.0 Å². The lowest BCUT2D eigenvalue weighted by Crippen LogP contribution is -2.22. The van der Waals surface area contributed by atoms with Gasteiger partial charge < -0.3 is 15.4 Å². The molecule has 10 nitrogen and oxygen atoms in total. The second-order valence-electron chi connectivity index (χ2n) is 7.93. The average molecular weight is 558 g/mol. The third-order valence-corrected chi connectivity index (χ3v) is 6.29. The van der Waals surface area contributed by atoms with Gasteiger partial charge >= 0.3 is 6.03 Å². The van der Waals surface area contributed by atoms with Crippen molar-refractivity contribution in [1.82, 2.24) is 29.4 Å². The number of aromatic nitrogens is 6. The summed E-state index contributed by atoms with van der Waals surface area (Å²) in [6.45, 7) is 1.82. The molecule has 0 spiro atoms. The summed E-state index contributed by atoms with van der Waals surface area (Å²) in [6.07, 6.45) is 6.25. The van der Waals surface area contributed by atoms with E-state index in [0.29, 0.717) is 38.4 Å². The maximum Gasteiger partial charge on any atom is 0.323 e. The number of benzene rings is 1. The van der Waals surface area contributed by atoms with Crippen LogP contribution in [0.3, 0.4) is 0 Å². The zero-order valence-electron chi connectivity index (χ0n) is 19.5. The number of fused-ring (bicyclic) bond motifs is 1. The number of urea groups is 1. The van der Waals surface area contributed by atoms with Gasteiger partial charge in [-0.05, 0) is 31.2 Å². The Labute approximate surface area is 226 Å². The number of carbonyl (C=O) groups is 1. The number of rotatable bonds is 6. The van der Waals surface area contributed by atoms with E-state index in [9.17, 15) is 4.79 Å². The number of pyridine rings is 1. The molecule has 0 aliphatic heterocycles. The molecular weight excluding hydrogens is 539 g/mol. The largest absolute Gasteiger partial charge is 0.375 e. The highest BCUT2D eigenvalue weighted by Crippen LogP contribution is 2.33. The summed E-state index contributed by atoms with van der Waals surface area (Å²) >= 11 is 19.1. The summed E-state index contributed by atoms with van der Waals surface area (Å²) in [6, 6.07) is 9.84. The normalized spacial score (nSPS) is 12.0. The van der Waals surface area contributed by atoms with Crippen LogP contribution in [0.15, 0.2) is 61.2 Å². The molecule has 0 fully saturated rings. The summed E-state index contributed by atoms with van der Waals surface area (Å²) in [5.41, 5.74) is 3.91. The fraction of sp³-hybridized carbons (Fsp3) is 0.125. The van der Waals surface area contributed by atoms with E-state index in [-0.39, 0.29) is 5.15 Å². The van der Waals surface area contributed by atoms with E-state index in [1.807, 2.05) is 25.1 Å². The van der Waals surface area contributed by atoms with Crippen LogP contribution in [0.25, 0.3) is 22.6 Å². The van der Waals surface area contributed by atoms with Crippen LogP contribution in [-0.2, 0) is 4.74 Å². The van der Waals surface area contributed by atoms with Crippen molar-refractivity contribution in [1.29, 1.82) is 0 Å². The molecule has 5 rings (SSSR count). The number of anilines is 2. The molecule has 0 aliphatic rings. The van der Waals surface area contributed by atoms with Crippen molar-refractivity contribution in [3.8, 4) is 16.9 Å². The van der Waals surface area contributed by atoms with E-state index in [0.717, 1.165) is 11.3 Å². The van der Waals surface area contributed by atoms with Gasteiger partial charge in [0.15, 0.2) is 10.8 Å². The van der Waals surface area contributed by atoms with Crippen LogP contribution in [0.4, 0.5) is 16.2 Å². The molecule has 0 saturated carbocycles. The third-order valence-electron chi connectivity index (χ3n) is 5.52. The first-order valence-electron chi connectivity index (χ1n) is 10.9. The van der Waals surface area contributed by atoms with Gasteiger partial charge in [0, 0.05) is 36.8 Å². The zero-order chi connectivity index (χ0) is 26.1. The number of halogens is 3. The van der Waals surface area contributed by atoms with Crippen molar-refractivity contribution >= 4 is 57.9 Å². The maximum absolute atomic E-state index is 12.9. The quantitative estimate of drug-likeness (QED) is 0.254. The topological polar surface area (TPSA) is 111 Å². The lowest BCUT2D eigenvalue weighted by Gasteiger charge is -2.17. The Morgan fingerprint density at radius 1 is 1.05 bits per heavy atom. The lowest BCUT2D eigenvalue weighted by atomic mass is 10.2. The highest BCUT2D eigenvalue weighted by molar-refractivity contribution is 6.38. The monoisotopic (exact) mass is 556 g/mol. The Balaban J connectivity index is 1.38. The van der Waals surface area contributed by atoms with Crippen molar-refractivity contribution < 1.29 is 9.53 Å². The van der Waals surface area contributed by atoms with Gasteiger partial charge in [-0.1, -0.05) is 40.9 Å². The number of nitrogens with zero attached hydrogens (tertiary/aromatic N) is 6. The molecule has 0 saturated heterocycles. The molecular formula is C24H19Cl3N8O2. The Hall–Kier alpha value is -3.70. The van der Waals surface area contributed by atoms with Gasteiger partial charge in [-0.15, -0.1) is 0 Å². The Morgan fingerprint density at radius 3 is 2.54 bits per heavy atom. The average Bonchev–Trinajstić information content (AvgIpc) is 3.50. The van der Waals surface area contributed by atoms with Gasteiger partial charge in [0.2, 0.25) is 0 Å². The summed E-state index contributed by atoms with van der Waals surface area (Å²) in [7, 11) is 1.55. The molecule has 0 aliphatic carbocycles. The number of amides is 2. The van der Waals surface area contributed by atoms with Crippen LogP contribution in [0, 0.1) is 0 Å². The number of methoxy groups -OCH3 is 1. The van der Waals surface area contributed by atoms with Crippen LogP contribution in [-0.4, -0.2) is 42.5 Å². The van der Waals surface area contributed by atoms with E-state index in [1.165, 1.54) is 10.7 Å². The predicted molar refractivity (Wildman–Crippen MR) is 143 cm³/mol. The molecule has 37 heavy (non-hydrogen) atoms. The van der Waals surface area contributed by atoms with Gasteiger partial charge in [-0.3, -0.25) is 4.98 Å². The van der Waals surface area contributed by atoms with E-state index in [4.69, 9.17) is 39.5 Å². The first kappa shape index (κ1) is 25.0. The number of hydrogen-bond acceptors (Lipinski definition) is 6. The summed E-state index contributed by atoms with van der Waals surface area (Å²) in [5, 5.41) is 15.0. The Kier molecular flexibility index (Phi) is 6.98. The highest BCUT2D eigenvalue weighted by Gasteiger charge is 2.20. The van der Waals surface area contributed by atoms with Crippen LogP contribution in [0.5, 0.6) is 0 Å². The Bertz CT molecular complexity index is 1580. The van der Waals surface area contributed by atoms with Crippen molar-refractivity contribution in [2.24, 2.45) is 0 Å². The minimum absolute atomic E-state index is 0.271. The second kappa shape index (κ2) is 10.3. The standard InChI is InChI=1S/C24H19Cl3N8O2/c1-13(37-2)22-19(11-29-21-9-20(27)33-35(21)22)32-24(36)31-15-7-16(25)23(17(26)8-15)34-12-14(10-30-34)18-5-3-4-6-28-18/h3-13H,1-2H3,(H2,31,32,36)/t13-/m0/s1.